The van der Waals surface area contributed by atoms with Crippen LogP contribution in [0.15, 0.2) is 0 Å². The molecule has 0 unspecified atom stereocenters. The zero-order chi connectivity index (χ0) is 4.50. The van der Waals surface area contributed by atoms with Crippen molar-refractivity contribution >= 4 is 27.8 Å². The van der Waals surface area contributed by atoms with Gasteiger partial charge >= 0.3 is 46.9 Å². The van der Waals surface area contributed by atoms with Gasteiger partial charge in [0.25, 0.3) is 0 Å². The molecule has 0 aromatic heterocycles. The molecule has 0 amide bonds. The van der Waals surface area contributed by atoms with E-state index in [2.05, 4.69) is 0 Å². The second-order valence-corrected chi connectivity index (χ2v) is 1.22. The Hall–Kier alpha value is 1.69. The normalized spacial score (nSPS) is 7.25. The number of hydrogen-bond donors (Lipinski definition) is 0. The Kier molecular flexibility index (Phi) is 24.6. The molecule has 0 N–H and O–H groups in total. The third-order valence-electron chi connectivity index (χ3n) is 0. The molecule has 0 saturated carbocycles. The Morgan fingerprint density at radius 2 is 1.12 bits per heavy atom. The summed E-state index contributed by atoms with van der Waals surface area (Å²) in [6.45, 7) is 0. The first-order chi connectivity index (χ1) is 2.00. The van der Waals surface area contributed by atoms with Crippen molar-refractivity contribution in [3.63, 3.8) is 0 Å². The fraction of sp³-hybridized carbons (Fsp3) is 0. The standard InChI is InChI=1S/Al.ClH.Na.H2O4S/c;;;1-5(2,3)4/h;1H;;(H2,1,2,3,4)/q+3;;+1;/p-3. The van der Waals surface area contributed by atoms with Crippen LogP contribution in [0.5, 0.6) is 0 Å². The Labute approximate surface area is 86.4 Å². The van der Waals surface area contributed by atoms with Gasteiger partial charge in [-0.25, -0.2) is 0 Å². The molecule has 0 rings (SSSR count). The van der Waals surface area contributed by atoms with Crippen molar-refractivity contribution < 1.29 is 59.5 Å². The predicted octanol–water partition coefficient (Wildman–Crippen LogP) is -7.71. The number of rotatable bonds is 0. The van der Waals surface area contributed by atoms with Crippen molar-refractivity contribution in [1.29, 1.82) is 0 Å². The van der Waals surface area contributed by atoms with E-state index in [1.807, 2.05) is 0 Å². The molecule has 0 radical (unpaired) electrons. The summed E-state index contributed by atoms with van der Waals surface area (Å²) < 4.78 is 34.1. The van der Waals surface area contributed by atoms with E-state index in [0.29, 0.717) is 0 Å². The van der Waals surface area contributed by atoms with Crippen LogP contribution in [0, 0.1) is 0 Å². The largest absolute Gasteiger partial charge is 3.00 e. The van der Waals surface area contributed by atoms with Gasteiger partial charge in [0.1, 0.15) is 0 Å². The van der Waals surface area contributed by atoms with Crippen LogP contribution in [-0.2, 0) is 10.4 Å². The molecule has 0 fully saturated rings. The average Bonchev–Trinajstić information content (AvgIpc) is 0.722. The van der Waals surface area contributed by atoms with Gasteiger partial charge in [0.15, 0.2) is 0 Å². The molecule has 0 aromatic rings. The Morgan fingerprint density at radius 1 is 1.12 bits per heavy atom. The van der Waals surface area contributed by atoms with Crippen molar-refractivity contribution in [1.82, 2.24) is 0 Å². The summed E-state index contributed by atoms with van der Waals surface area (Å²) in [5.41, 5.74) is 0. The van der Waals surface area contributed by atoms with Gasteiger partial charge < -0.3 is 21.5 Å². The van der Waals surface area contributed by atoms with Crippen molar-refractivity contribution in [3.05, 3.63) is 0 Å². The summed E-state index contributed by atoms with van der Waals surface area (Å²) in [6, 6.07) is 0. The van der Waals surface area contributed by atoms with E-state index >= 15 is 0 Å². The van der Waals surface area contributed by atoms with Crippen molar-refractivity contribution in [3.8, 4) is 0 Å². The molecule has 0 heterocycles. The first-order valence-corrected chi connectivity index (χ1v) is 2.00. The summed E-state index contributed by atoms with van der Waals surface area (Å²) in [4.78, 5) is 0. The molecule has 0 spiro atoms. The van der Waals surface area contributed by atoms with Gasteiger partial charge in [0, 0.05) is 10.4 Å². The van der Waals surface area contributed by atoms with Gasteiger partial charge in [-0.15, -0.1) is 0 Å². The van der Waals surface area contributed by atoms with E-state index in [9.17, 15) is 0 Å². The smallest absolute Gasteiger partial charge is 1.00 e. The van der Waals surface area contributed by atoms with Gasteiger partial charge in [0.2, 0.25) is 0 Å². The maximum Gasteiger partial charge on any atom is 3.00 e. The topological polar surface area (TPSA) is 80.3 Å². The van der Waals surface area contributed by atoms with E-state index in [0.717, 1.165) is 0 Å². The average molecular weight is 181 g/mol. The molecule has 8 heavy (non-hydrogen) atoms. The number of hydrogen-bond acceptors (Lipinski definition) is 4. The monoisotopic (exact) mass is 181 g/mol. The molecule has 0 bridgehead atoms. The van der Waals surface area contributed by atoms with Crippen LogP contribution in [0.3, 0.4) is 0 Å². The minimum absolute atomic E-state index is 0. The van der Waals surface area contributed by atoms with Gasteiger partial charge in [-0.1, -0.05) is 0 Å². The molecular weight excluding hydrogens is 181 g/mol. The van der Waals surface area contributed by atoms with Crippen molar-refractivity contribution in [2.75, 3.05) is 0 Å². The summed E-state index contributed by atoms with van der Waals surface area (Å²) in [7, 11) is -5.17. The van der Waals surface area contributed by atoms with Crippen LogP contribution in [0.25, 0.3) is 0 Å². The molecule has 0 saturated heterocycles. The molecule has 0 aliphatic carbocycles. The first-order valence-electron chi connectivity index (χ1n) is 0.667. The van der Waals surface area contributed by atoms with E-state index in [-0.39, 0.29) is 59.3 Å². The molecule has 0 aliphatic heterocycles. The van der Waals surface area contributed by atoms with E-state index in [1.54, 1.807) is 0 Å². The Balaban J connectivity index is -0.0000000267. The van der Waals surface area contributed by atoms with E-state index in [1.165, 1.54) is 0 Å². The van der Waals surface area contributed by atoms with E-state index in [4.69, 9.17) is 17.5 Å². The molecule has 0 aliphatic rings. The zero-order valence-corrected chi connectivity index (χ0v) is 8.72. The molecule has 4 nitrogen and oxygen atoms in total. The maximum absolute atomic E-state index is 8.52. The molecule has 0 aromatic carbocycles. The first kappa shape index (κ1) is 22.6. The third kappa shape index (κ3) is 120. The van der Waals surface area contributed by atoms with Gasteiger partial charge in [0.05, 0.1) is 0 Å². The van der Waals surface area contributed by atoms with Crippen LogP contribution in [0.4, 0.5) is 0 Å². The minimum atomic E-state index is -5.17. The Morgan fingerprint density at radius 3 is 1.12 bits per heavy atom. The molecule has 8 heteroatoms. The summed E-state index contributed by atoms with van der Waals surface area (Å²) in [5.74, 6) is 0. The quantitative estimate of drug-likeness (QED) is 0.211. The van der Waals surface area contributed by atoms with Crippen LogP contribution in [0.1, 0.15) is 0 Å². The van der Waals surface area contributed by atoms with Gasteiger partial charge in [-0.2, -0.15) is 0 Å². The minimum Gasteiger partial charge on any atom is -1.00 e. The van der Waals surface area contributed by atoms with Crippen LogP contribution >= 0.6 is 0 Å². The third-order valence-corrected chi connectivity index (χ3v) is 0. The van der Waals surface area contributed by atoms with Crippen LogP contribution < -0.4 is 42.0 Å². The second kappa shape index (κ2) is 8.69. The summed E-state index contributed by atoms with van der Waals surface area (Å²) >= 11 is 0. The SMILES string of the molecule is O=S(=O)([O-])[O-].[Al+3].[Cl-].[Na+]. The van der Waals surface area contributed by atoms with Crippen LogP contribution in [-0.4, -0.2) is 34.9 Å². The number of halogens is 1. The fourth-order valence-corrected chi connectivity index (χ4v) is 0. The van der Waals surface area contributed by atoms with Crippen molar-refractivity contribution in [2.45, 2.75) is 0 Å². The zero-order valence-electron chi connectivity index (χ0n) is 4.00. The van der Waals surface area contributed by atoms with Gasteiger partial charge in [-0.05, 0) is 0 Å². The second-order valence-electron chi connectivity index (χ2n) is 0.408. The summed E-state index contributed by atoms with van der Waals surface area (Å²) in [6.07, 6.45) is 0. The molecular formula is AlClNaO4S+. The Bertz CT molecular complexity index is 99.2. The maximum atomic E-state index is 8.52. The predicted molar refractivity (Wildman–Crippen MR) is 16.2 cm³/mol. The fourth-order valence-electron chi connectivity index (χ4n) is 0. The summed E-state index contributed by atoms with van der Waals surface area (Å²) in [5, 5.41) is 0. The molecule has 0 atom stereocenters. The molecule has 40 valence electrons. The van der Waals surface area contributed by atoms with Gasteiger partial charge in [-0.3, -0.25) is 8.42 Å². The van der Waals surface area contributed by atoms with Crippen molar-refractivity contribution in [2.24, 2.45) is 0 Å². The van der Waals surface area contributed by atoms with Crippen LogP contribution in [0.2, 0.25) is 0 Å². The van der Waals surface area contributed by atoms with E-state index < -0.39 is 10.4 Å².